The van der Waals surface area contributed by atoms with Crippen LogP contribution in [0.15, 0.2) is 42.5 Å². The number of amides is 1. The molecule has 1 N–H and O–H groups in total. The van der Waals surface area contributed by atoms with Crippen LogP contribution in [0, 0.1) is 6.92 Å². The van der Waals surface area contributed by atoms with Crippen molar-refractivity contribution < 1.29 is 19.1 Å². The van der Waals surface area contributed by atoms with E-state index in [1.165, 1.54) is 0 Å². The summed E-state index contributed by atoms with van der Waals surface area (Å²) in [6.45, 7) is 2.23. The van der Waals surface area contributed by atoms with Gasteiger partial charge < -0.3 is 14.8 Å². The maximum absolute atomic E-state index is 11.7. The van der Waals surface area contributed by atoms with Gasteiger partial charge in [-0.05, 0) is 48.7 Å². The average Bonchev–Trinajstić information content (AvgIpc) is 2.65. The first-order valence-electron chi connectivity index (χ1n) is 8.50. The van der Waals surface area contributed by atoms with Crippen LogP contribution >= 0.6 is 23.2 Å². The van der Waals surface area contributed by atoms with E-state index in [2.05, 4.69) is 5.32 Å². The maximum Gasteiger partial charge on any atom is 0.306 e. The summed E-state index contributed by atoms with van der Waals surface area (Å²) in [5.74, 6) is -0.126. The Balaban J connectivity index is 1.59. The quantitative estimate of drug-likeness (QED) is 0.494. The van der Waals surface area contributed by atoms with Crippen molar-refractivity contribution in [2.24, 2.45) is 0 Å². The monoisotopic (exact) mass is 409 g/mol. The topological polar surface area (TPSA) is 64.6 Å². The van der Waals surface area contributed by atoms with Crippen molar-refractivity contribution in [1.82, 2.24) is 5.32 Å². The Morgan fingerprint density at radius 2 is 1.85 bits per heavy atom. The van der Waals surface area contributed by atoms with Crippen LogP contribution in [0.1, 0.15) is 24.0 Å². The lowest BCUT2D eigenvalue weighted by atomic mass is 10.2. The van der Waals surface area contributed by atoms with Crippen LogP contribution < -0.4 is 10.1 Å². The first kappa shape index (κ1) is 21.1. The molecule has 2 rings (SSSR count). The number of aryl methyl sites for hydroxylation is 1. The normalized spacial score (nSPS) is 10.3. The van der Waals surface area contributed by atoms with Gasteiger partial charge in [0, 0.05) is 23.0 Å². The van der Waals surface area contributed by atoms with Crippen LogP contribution in [-0.4, -0.2) is 25.1 Å². The molecule has 2 aromatic rings. The summed E-state index contributed by atoms with van der Waals surface area (Å²) in [4.78, 5) is 23.4. The van der Waals surface area contributed by atoms with E-state index in [4.69, 9.17) is 32.7 Å². The molecule has 0 saturated heterocycles. The molecule has 1 amide bonds. The first-order valence-corrected chi connectivity index (χ1v) is 9.26. The smallest absolute Gasteiger partial charge is 0.306 e. The van der Waals surface area contributed by atoms with Crippen molar-refractivity contribution in [3.8, 4) is 5.75 Å². The Bertz CT molecular complexity index is 795. The molecule has 0 bridgehead atoms. The largest absolute Gasteiger partial charge is 0.494 e. The van der Waals surface area contributed by atoms with Crippen molar-refractivity contribution in [2.45, 2.75) is 26.3 Å². The van der Waals surface area contributed by atoms with Crippen molar-refractivity contribution in [3.63, 3.8) is 0 Å². The van der Waals surface area contributed by atoms with Gasteiger partial charge in [-0.2, -0.15) is 0 Å². The molecule has 144 valence electrons. The molecule has 0 aliphatic rings. The molecule has 0 radical (unpaired) electrons. The number of halogens is 2. The fourth-order valence-corrected chi connectivity index (χ4v) is 2.54. The van der Waals surface area contributed by atoms with Crippen molar-refractivity contribution >= 4 is 35.1 Å². The first-order chi connectivity index (χ1) is 13.0. The number of hydrogen-bond acceptors (Lipinski definition) is 4. The third-order valence-electron chi connectivity index (χ3n) is 3.72. The molecule has 0 fully saturated rings. The van der Waals surface area contributed by atoms with Gasteiger partial charge in [-0.3, -0.25) is 9.59 Å². The fourth-order valence-electron chi connectivity index (χ4n) is 2.22. The maximum atomic E-state index is 11.7. The van der Waals surface area contributed by atoms with Gasteiger partial charge >= 0.3 is 5.97 Å². The number of rotatable bonds is 9. The third-order valence-corrected chi connectivity index (χ3v) is 4.51. The molecule has 0 aliphatic carbocycles. The Morgan fingerprint density at radius 1 is 1.07 bits per heavy atom. The van der Waals surface area contributed by atoms with Gasteiger partial charge in [0.25, 0.3) is 5.91 Å². The SMILES string of the molecule is Cc1cc(OCCCC(=O)OCC(=O)NCc2ccccc2Cl)ccc1Cl. The molecular formula is C20H21Cl2NO4. The van der Waals surface area contributed by atoms with E-state index in [9.17, 15) is 9.59 Å². The third kappa shape index (κ3) is 7.49. The summed E-state index contributed by atoms with van der Waals surface area (Å²) in [5, 5.41) is 3.91. The van der Waals surface area contributed by atoms with E-state index in [0.29, 0.717) is 28.8 Å². The molecule has 5 nitrogen and oxygen atoms in total. The van der Waals surface area contributed by atoms with Gasteiger partial charge in [0.15, 0.2) is 6.61 Å². The number of carbonyl (C=O) groups excluding carboxylic acids is 2. The van der Waals surface area contributed by atoms with E-state index in [-0.39, 0.29) is 25.5 Å². The minimum Gasteiger partial charge on any atom is -0.494 e. The lowest BCUT2D eigenvalue weighted by Gasteiger charge is -2.09. The molecule has 0 heterocycles. The molecule has 0 saturated carbocycles. The zero-order chi connectivity index (χ0) is 19.6. The summed E-state index contributed by atoms with van der Waals surface area (Å²) in [6.07, 6.45) is 0.659. The number of benzene rings is 2. The lowest BCUT2D eigenvalue weighted by molar-refractivity contribution is -0.148. The van der Waals surface area contributed by atoms with E-state index < -0.39 is 5.97 Å². The highest BCUT2D eigenvalue weighted by Crippen LogP contribution is 2.21. The van der Waals surface area contributed by atoms with Crippen molar-refractivity contribution in [3.05, 3.63) is 63.6 Å². The highest BCUT2D eigenvalue weighted by atomic mass is 35.5. The number of esters is 1. The summed E-state index contributed by atoms with van der Waals surface area (Å²) in [5.41, 5.74) is 1.73. The van der Waals surface area contributed by atoms with Crippen LogP contribution in [-0.2, 0) is 20.9 Å². The van der Waals surface area contributed by atoms with Gasteiger partial charge in [0.05, 0.1) is 6.61 Å². The van der Waals surface area contributed by atoms with Crippen LogP contribution in [0.5, 0.6) is 5.75 Å². The number of carbonyl (C=O) groups is 2. The highest BCUT2D eigenvalue weighted by Gasteiger charge is 2.08. The molecule has 2 aromatic carbocycles. The second-order valence-electron chi connectivity index (χ2n) is 5.89. The standard InChI is InChI=1S/C20H21Cl2NO4/c1-14-11-16(8-9-17(14)21)26-10-4-7-20(25)27-13-19(24)23-12-15-5-2-3-6-18(15)22/h2-3,5-6,8-9,11H,4,7,10,12-13H2,1H3,(H,23,24). The van der Waals surface area contributed by atoms with Gasteiger partial charge in [0.2, 0.25) is 0 Å². The van der Waals surface area contributed by atoms with E-state index >= 15 is 0 Å². The van der Waals surface area contributed by atoms with Gasteiger partial charge in [0.1, 0.15) is 5.75 Å². The van der Waals surface area contributed by atoms with Crippen molar-refractivity contribution in [1.29, 1.82) is 0 Å². The van der Waals surface area contributed by atoms with Gasteiger partial charge in [-0.15, -0.1) is 0 Å². The minimum absolute atomic E-state index is 0.171. The molecule has 0 aromatic heterocycles. The second-order valence-corrected chi connectivity index (χ2v) is 6.71. The summed E-state index contributed by atoms with van der Waals surface area (Å²) in [7, 11) is 0. The Labute approximate surface area is 168 Å². The molecule has 0 unspecified atom stereocenters. The van der Waals surface area contributed by atoms with Gasteiger partial charge in [-0.1, -0.05) is 41.4 Å². The average molecular weight is 410 g/mol. The van der Waals surface area contributed by atoms with E-state index in [0.717, 1.165) is 11.1 Å². The summed E-state index contributed by atoms with van der Waals surface area (Å²) >= 11 is 12.0. The number of hydrogen-bond donors (Lipinski definition) is 1. The zero-order valence-corrected chi connectivity index (χ0v) is 16.5. The minimum atomic E-state index is -0.446. The Morgan fingerprint density at radius 3 is 2.59 bits per heavy atom. The summed E-state index contributed by atoms with van der Waals surface area (Å²) < 4.78 is 10.5. The van der Waals surface area contributed by atoms with Gasteiger partial charge in [-0.25, -0.2) is 0 Å². The molecule has 0 spiro atoms. The molecule has 7 heteroatoms. The second kappa shape index (κ2) is 10.8. The van der Waals surface area contributed by atoms with Crippen molar-refractivity contribution in [2.75, 3.05) is 13.2 Å². The molecular weight excluding hydrogens is 389 g/mol. The molecule has 0 aliphatic heterocycles. The van der Waals surface area contributed by atoms with Crippen LogP contribution in [0.2, 0.25) is 10.0 Å². The lowest BCUT2D eigenvalue weighted by Crippen LogP contribution is -2.28. The fraction of sp³-hybridized carbons (Fsp3) is 0.300. The van der Waals surface area contributed by atoms with E-state index in [1.807, 2.05) is 31.2 Å². The Hall–Kier alpha value is -2.24. The van der Waals surface area contributed by atoms with E-state index in [1.54, 1.807) is 18.2 Å². The number of nitrogens with one attached hydrogen (secondary N) is 1. The summed E-state index contributed by atoms with van der Waals surface area (Å²) in [6, 6.07) is 12.6. The van der Waals surface area contributed by atoms with Crippen LogP contribution in [0.4, 0.5) is 0 Å². The molecule has 27 heavy (non-hydrogen) atoms. The number of ether oxygens (including phenoxy) is 2. The predicted molar refractivity (Wildman–Crippen MR) is 105 cm³/mol. The Kier molecular flexibility index (Phi) is 8.43. The highest BCUT2D eigenvalue weighted by molar-refractivity contribution is 6.31. The molecule has 0 atom stereocenters. The van der Waals surface area contributed by atoms with Crippen LogP contribution in [0.3, 0.4) is 0 Å². The predicted octanol–water partition coefficient (Wildman–Crippen LogP) is 4.32. The zero-order valence-electron chi connectivity index (χ0n) is 15.0. The van der Waals surface area contributed by atoms with Crippen LogP contribution in [0.25, 0.3) is 0 Å².